The molecule has 4 rings (SSSR count). The first-order valence-electron chi connectivity index (χ1n) is 12.9. The highest BCUT2D eigenvalue weighted by Crippen LogP contribution is 2.57. The third-order valence-electron chi connectivity index (χ3n) is 9.27. The normalized spacial score (nSPS) is 37.1. The van der Waals surface area contributed by atoms with E-state index in [1.165, 1.54) is 11.1 Å². The first kappa shape index (κ1) is 24.4. The smallest absolute Gasteiger partial charge is 0.161 e. The lowest BCUT2D eigenvalue weighted by molar-refractivity contribution is -0.121. The summed E-state index contributed by atoms with van der Waals surface area (Å²) in [7, 11) is 0. The van der Waals surface area contributed by atoms with E-state index >= 15 is 0 Å². The molecule has 0 spiro atoms. The number of allylic oxidation sites excluding steroid dienone is 4. The summed E-state index contributed by atoms with van der Waals surface area (Å²) in [5.41, 5.74) is 4.54. The molecule has 0 aromatic rings. The van der Waals surface area contributed by atoms with Crippen LogP contribution in [0.3, 0.4) is 0 Å². The molecule has 3 nitrogen and oxygen atoms in total. The Labute approximate surface area is 200 Å². The van der Waals surface area contributed by atoms with Crippen LogP contribution < -0.4 is 0 Å². The number of rotatable bonds is 4. The molecule has 0 bridgehead atoms. The van der Waals surface area contributed by atoms with Crippen molar-refractivity contribution in [1.82, 2.24) is 0 Å². The molecule has 2 saturated carbocycles. The number of ether oxygens (including phenoxy) is 1. The second-order valence-electron chi connectivity index (χ2n) is 12.4. The van der Waals surface area contributed by atoms with E-state index in [0.717, 1.165) is 49.7 Å². The largest absolute Gasteiger partial charge is 0.372 e. The minimum absolute atomic E-state index is 0.200. The van der Waals surface area contributed by atoms with Gasteiger partial charge >= 0.3 is 0 Å². The van der Waals surface area contributed by atoms with Crippen molar-refractivity contribution in [3.63, 3.8) is 0 Å². The monoisotopic (exact) mass is 450 g/mol. The molecule has 33 heavy (non-hydrogen) atoms. The maximum absolute atomic E-state index is 13.1. The number of Topliss-reactive ketones (excluding diaryl/α,β-unsaturated/α-hetero) is 2. The Hall–Kier alpha value is -1.74. The van der Waals surface area contributed by atoms with E-state index < -0.39 is 0 Å². The molecule has 0 aromatic carbocycles. The van der Waals surface area contributed by atoms with E-state index in [4.69, 9.17) is 4.74 Å². The van der Waals surface area contributed by atoms with Crippen molar-refractivity contribution in [2.24, 2.45) is 34.5 Å². The third kappa shape index (κ3) is 4.90. The predicted octanol–water partition coefficient (Wildman–Crippen LogP) is 6.80. The highest BCUT2D eigenvalue weighted by atomic mass is 16.5. The first-order valence-corrected chi connectivity index (χ1v) is 12.9. The Morgan fingerprint density at radius 3 is 1.55 bits per heavy atom. The third-order valence-corrected chi connectivity index (χ3v) is 9.27. The fourth-order valence-electron chi connectivity index (χ4n) is 6.86. The van der Waals surface area contributed by atoms with Crippen molar-refractivity contribution in [2.75, 3.05) is 13.2 Å². The highest BCUT2D eigenvalue weighted by Gasteiger charge is 2.50. The fourth-order valence-corrected chi connectivity index (χ4v) is 6.86. The minimum atomic E-state index is 0.200. The van der Waals surface area contributed by atoms with Crippen LogP contribution in [-0.2, 0) is 14.3 Å². The molecule has 4 aliphatic rings. The van der Waals surface area contributed by atoms with Crippen LogP contribution in [0.25, 0.3) is 0 Å². The Bertz CT molecular complexity index is 839. The summed E-state index contributed by atoms with van der Waals surface area (Å²) in [4.78, 5) is 26.2. The number of fused-ring (bicyclic) bond motifs is 2. The fraction of sp³-hybridized carbons (Fsp3) is 0.667. The molecule has 2 unspecified atom stereocenters. The van der Waals surface area contributed by atoms with Crippen LogP contribution in [0.15, 0.2) is 47.6 Å². The van der Waals surface area contributed by atoms with Gasteiger partial charge in [0.2, 0.25) is 0 Å². The second kappa shape index (κ2) is 9.13. The summed E-state index contributed by atoms with van der Waals surface area (Å²) in [6.07, 6.45) is 11.1. The van der Waals surface area contributed by atoms with Crippen molar-refractivity contribution in [3.8, 4) is 0 Å². The lowest BCUT2D eigenvalue weighted by atomic mass is 9.52. The van der Waals surface area contributed by atoms with Crippen LogP contribution in [0.4, 0.5) is 0 Å². The SMILES string of the molecule is C=C1CC/C=C(/COC/C2=C/CCC(=C)[C@H]3CC(C)(C)C3CC2=O)C(=O)CC2[C@@H]1CC2(C)C. The minimum Gasteiger partial charge on any atom is -0.372 e. The zero-order chi connectivity index (χ0) is 24.0. The lowest BCUT2D eigenvalue weighted by Crippen LogP contribution is -2.45. The number of carbonyl (C=O) groups is 2. The van der Waals surface area contributed by atoms with E-state index in [1.54, 1.807) is 0 Å². The Balaban J connectivity index is 1.38. The molecular formula is C30H42O3. The summed E-state index contributed by atoms with van der Waals surface area (Å²) in [5, 5.41) is 0. The van der Waals surface area contributed by atoms with Gasteiger partial charge in [0.05, 0.1) is 13.2 Å². The average Bonchev–Trinajstić information content (AvgIpc) is 2.82. The molecule has 0 amide bonds. The molecule has 0 saturated heterocycles. The van der Waals surface area contributed by atoms with Gasteiger partial charge in [-0.15, -0.1) is 0 Å². The van der Waals surface area contributed by atoms with Gasteiger partial charge in [0.25, 0.3) is 0 Å². The van der Waals surface area contributed by atoms with Gasteiger partial charge in [0.1, 0.15) is 0 Å². The zero-order valence-electron chi connectivity index (χ0n) is 21.2. The van der Waals surface area contributed by atoms with E-state index in [9.17, 15) is 9.59 Å². The van der Waals surface area contributed by atoms with Crippen molar-refractivity contribution in [2.45, 2.75) is 79.1 Å². The van der Waals surface area contributed by atoms with Crippen LogP contribution >= 0.6 is 0 Å². The number of carbonyl (C=O) groups excluding carboxylic acids is 2. The van der Waals surface area contributed by atoms with E-state index in [-0.39, 0.29) is 35.6 Å². The van der Waals surface area contributed by atoms with Gasteiger partial charge in [-0.2, -0.15) is 0 Å². The summed E-state index contributed by atoms with van der Waals surface area (Å²) in [5.74, 6) is 2.13. The van der Waals surface area contributed by atoms with Crippen molar-refractivity contribution >= 4 is 11.6 Å². The van der Waals surface area contributed by atoms with Gasteiger partial charge < -0.3 is 4.74 Å². The van der Waals surface area contributed by atoms with Crippen LogP contribution in [-0.4, -0.2) is 24.8 Å². The lowest BCUT2D eigenvalue weighted by Gasteiger charge is -2.52. The topological polar surface area (TPSA) is 43.4 Å². The van der Waals surface area contributed by atoms with E-state index in [0.29, 0.717) is 36.5 Å². The van der Waals surface area contributed by atoms with E-state index in [1.807, 2.05) is 0 Å². The first-order chi connectivity index (χ1) is 15.5. The summed E-state index contributed by atoms with van der Waals surface area (Å²) in [6, 6.07) is 0. The van der Waals surface area contributed by atoms with Gasteiger partial charge in [0, 0.05) is 24.0 Å². The summed E-state index contributed by atoms with van der Waals surface area (Å²) in [6.45, 7) is 18.3. The number of ketones is 2. The maximum atomic E-state index is 13.1. The average molecular weight is 451 g/mol. The Kier molecular flexibility index (Phi) is 6.75. The van der Waals surface area contributed by atoms with Gasteiger partial charge in [-0.05, 0) is 73.0 Å². The quantitative estimate of drug-likeness (QED) is 0.442. The molecule has 4 atom stereocenters. The molecular weight excluding hydrogens is 408 g/mol. The molecule has 0 heterocycles. The molecule has 0 N–H and O–H groups in total. The van der Waals surface area contributed by atoms with Crippen molar-refractivity contribution < 1.29 is 14.3 Å². The number of hydrogen-bond donors (Lipinski definition) is 0. The second-order valence-corrected chi connectivity index (χ2v) is 12.4. The van der Waals surface area contributed by atoms with Crippen LogP contribution in [0.1, 0.15) is 79.1 Å². The molecule has 3 heteroatoms. The number of hydrogen-bond acceptors (Lipinski definition) is 3. The summed E-state index contributed by atoms with van der Waals surface area (Å²) >= 11 is 0. The van der Waals surface area contributed by atoms with Gasteiger partial charge in [-0.25, -0.2) is 0 Å². The van der Waals surface area contributed by atoms with Crippen molar-refractivity contribution in [1.29, 1.82) is 0 Å². The van der Waals surface area contributed by atoms with Crippen LogP contribution in [0.2, 0.25) is 0 Å². The molecule has 0 radical (unpaired) electrons. The molecule has 0 aliphatic heterocycles. The van der Waals surface area contributed by atoms with Crippen LogP contribution in [0, 0.1) is 34.5 Å². The molecule has 0 aromatic heterocycles. The van der Waals surface area contributed by atoms with E-state index in [2.05, 4.69) is 53.0 Å². The van der Waals surface area contributed by atoms with Crippen molar-refractivity contribution in [3.05, 3.63) is 47.6 Å². The van der Waals surface area contributed by atoms with Crippen LogP contribution in [0.5, 0.6) is 0 Å². The Morgan fingerprint density at radius 2 is 1.18 bits per heavy atom. The molecule has 4 aliphatic carbocycles. The van der Waals surface area contributed by atoms with Gasteiger partial charge in [-0.1, -0.05) is 64.2 Å². The zero-order valence-corrected chi connectivity index (χ0v) is 21.2. The maximum Gasteiger partial charge on any atom is 0.161 e. The van der Waals surface area contributed by atoms with Gasteiger partial charge in [-0.3, -0.25) is 9.59 Å². The standard InChI is InChI=1S/C30H42O3/c1-19-9-7-11-21(27(31)13-25-23(19)15-29(25,3)4)17-33-18-22-12-8-10-20(2)24-16-30(5,6)26(24)14-28(22)32/h11-12,23-26H,1-2,7-10,13-18H2,3-6H3/b21-11-,22-12-/t23-,24-,25?,26?/m1/s1. The Morgan fingerprint density at radius 1 is 0.788 bits per heavy atom. The predicted molar refractivity (Wildman–Crippen MR) is 134 cm³/mol. The molecule has 2 fully saturated rings. The molecule has 180 valence electrons. The summed E-state index contributed by atoms with van der Waals surface area (Å²) < 4.78 is 6.02. The van der Waals surface area contributed by atoms with Gasteiger partial charge in [0.15, 0.2) is 11.6 Å². The highest BCUT2D eigenvalue weighted by molar-refractivity contribution is 5.96.